The lowest BCUT2D eigenvalue weighted by molar-refractivity contribution is 0.0934. The average Bonchev–Trinajstić information content (AvgIpc) is 2.77. The fourth-order valence-electron chi connectivity index (χ4n) is 2.76. The van der Waals surface area contributed by atoms with E-state index in [4.69, 9.17) is 35.4 Å². The molecule has 0 aromatic heterocycles. The van der Waals surface area contributed by atoms with E-state index in [0.29, 0.717) is 21.8 Å². The van der Waals surface area contributed by atoms with Crippen LogP contribution in [0, 0.1) is 6.92 Å². The molecule has 0 saturated heterocycles. The molecule has 3 amide bonds. The number of carbonyl (C=O) groups is 3. The number of thiocarbonyl (C=S) groups is 1. The average molecular weight is 501 g/mol. The third-order valence-corrected chi connectivity index (χ3v) is 5.13. The molecule has 168 valence electrons. The number of benzene rings is 3. The first-order valence-electron chi connectivity index (χ1n) is 9.58. The van der Waals surface area contributed by atoms with Crippen LogP contribution < -0.4 is 21.5 Å². The van der Waals surface area contributed by atoms with Gasteiger partial charge in [0.2, 0.25) is 0 Å². The molecule has 0 fully saturated rings. The van der Waals surface area contributed by atoms with Crippen LogP contribution in [-0.4, -0.2) is 22.8 Å². The normalized spacial score (nSPS) is 10.2. The van der Waals surface area contributed by atoms with E-state index in [1.165, 1.54) is 30.3 Å². The molecule has 0 heterocycles. The van der Waals surface area contributed by atoms with Gasteiger partial charge in [-0.05, 0) is 73.7 Å². The number of hydrazine groups is 1. The minimum atomic E-state index is -0.558. The number of amides is 3. The Morgan fingerprint density at radius 1 is 0.788 bits per heavy atom. The van der Waals surface area contributed by atoms with Crippen molar-refractivity contribution in [2.24, 2.45) is 0 Å². The molecule has 10 heteroatoms. The predicted molar refractivity (Wildman–Crippen MR) is 133 cm³/mol. The van der Waals surface area contributed by atoms with Gasteiger partial charge in [-0.1, -0.05) is 40.9 Å². The smallest absolute Gasteiger partial charge is 0.269 e. The Morgan fingerprint density at radius 3 is 2.18 bits per heavy atom. The first-order valence-corrected chi connectivity index (χ1v) is 10.7. The molecule has 3 rings (SSSR count). The van der Waals surface area contributed by atoms with Crippen LogP contribution >= 0.6 is 35.4 Å². The van der Waals surface area contributed by atoms with E-state index < -0.39 is 11.8 Å². The molecular formula is C23H18Cl2N4O3S. The van der Waals surface area contributed by atoms with Gasteiger partial charge >= 0.3 is 0 Å². The Labute approximate surface area is 205 Å². The highest BCUT2D eigenvalue weighted by Crippen LogP contribution is 2.20. The van der Waals surface area contributed by atoms with E-state index in [-0.39, 0.29) is 21.6 Å². The zero-order valence-corrected chi connectivity index (χ0v) is 19.6. The van der Waals surface area contributed by atoms with Gasteiger partial charge < -0.3 is 5.32 Å². The van der Waals surface area contributed by atoms with Crippen molar-refractivity contribution in [3.63, 3.8) is 0 Å². The second kappa shape index (κ2) is 10.9. The number of rotatable bonds is 4. The van der Waals surface area contributed by atoms with Crippen molar-refractivity contribution in [1.82, 2.24) is 16.2 Å². The summed E-state index contributed by atoms with van der Waals surface area (Å²) in [5, 5.41) is 5.62. The van der Waals surface area contributed by atoms with Crippen LogP contribution in [0.5, 0.6) is 0 Å². The topological polar surface area (TPSA) is 99.3 Å². The molecule has 0 radical (unpaired) electrons. The Hall–Kier alpha value is -3.46. The highest BCUT2D eigenvalue weighted by molar-refractivity contribution is 7.80. The van der Waals surface area contributed by atoms with E-state index in [2.05, 4.69) is 21.5 Å². The Bertz CT molecular complexity index is 1230. The molecule has 0 aliphatic heterocycles. The molecule has 33 heavy (non-hydrogen) atoms. The minimum Gasteiger partial charge on any atom is -0.322 e. The molecule has 4 N–H and O–H groups in total. The van der Waals surface area contributed by atoms with Crippen LogP contribution in [0.3, 0.4) is 0 Å². The molecule has 0 aliphatic carbocycles. The lowest BCUT2D eigenvalue weighted by Crippen LogP contribution is -2.48. The number of anilines is 1. The Morgan fingerprint density at radius 2 is 1.52 bits per heavy atom. The van der Waals surface area contributed by atoms with Gasteiger partial charge in [-0.3, -0.25) is 30.6 Å². The lowest BCUT2D eigenvalue weighted by atomic mass is 10.1. The van der Waals surface area contributed by atoms with Crippen LogP contribution in [0.25, 0.3) is 0 Å². The fourth-order valence-corrected chi connectivity index (χ4v) is 3.39. The summed E-state index contributed by atoms with van der Waals surface area (Å²) in [6.45, 7) is 1.90. The molecule has 0 bridgehead atoms. The first kappa shape index (κ1) is 24.2. The van der Waals surface area contributed by atoms with Crippen molar-refractivity contribution in [2.75, 3.05) is 5.32 Å². The highest BCUT2D eigenvalue weighted by Gasteiger charge is 2.13. The molecular weight excluding hydrogens is 483 g/mol. The zero-order chi connectivity index (χ0) is 24.0. The van der Waals surface area contributed by atoms with E-state index in [9.17, 15) is 14.4 Å². The van der Waals surface area contributed by atoms with E-state index in [1.807, 2.05) is 19.1 Å². The van der Waals surface area contributed by atoms with Crippen molar-refractivity contribution < 1.29 is 14.4 Å². The van der Waals surface area contributed by atoms with E-state index in [0.717, 1.165) is 5.56 Å². The largest absolute Gasteiger partial charge is 0.322 e. The van der Waals surface area contributed by atoms with Crippen LogP contribution in [0.4, 0.5) is 5.69 Å². The molecule has 0 aliphatic rings. The van der Waals surface area contributed by atoms with Gasteiger partial charge in [-0.15, -0.1) is 0 Å². The van der Waals surface area contributed by atoms with Gasteiger partial charge in [0.25, 0.3) is 17.7 Å². The zero-order valence-electron chi connectivity index (χ0n) is 17.2. The summed E-state index contributed by atoms with van der Waals surface area (Å²) < 4.78 is 0. The maximum absolute atomic E-state index is 12.3. The molecule has 0 spiro atoms. The first-order chi connectivity index (χ1) is 15.7. The van der Waals surface area contributed by atoms with Gasteiger partial charge in [-0.25, -0.2) is 0 Å². The van der Waals surface area contributed by atoms with Crippen LogP contribution in [0.15, 0.2) is 66.7 Å². The van der Waals surface area contributed by atoms with Crippen molar-refractivity contribution in [2.45, 2.75) is 6.92 Å². The van der Waals surface area contributed by atoms with Gasteiger partial charge in [0, 0.05) is 21.8 Å². The number of hydrogen-bond donors (Lipinski definition) is 4. The van der Waals surface area contributed by atoms with E-state index in [1.54, 1.807) is 24.3 Å². The van der Waals surface area contributed by atoms with Gasteiger partial charge in [0.05, 0.1) is 10.6 Å². The van der Waals surface area contributed by atoms with Gasteiger partial charge in [0.15, 0.2) is 5.11 Å². The second-order valence-corrected chi connectivity index (χ2v) is 8.14. The Balaban J connectivity index is 1.51. The quantitative estimate of drug-likeness (QED) is 0.312. The number of hydrogen-bond acceptors (Lipinski definition) is 4. The summed E-state index contributed by atoms with van der Waals surface area (Å²) in [4.78, 5) is 36.9. The molecule has 0 saturated carbocycles. The van der Waals surface area contributed by atoms with Gasteiger partial charge in [-0.2, -0.15) is 0 Å². The summed E-state index contributed by atoms with van der Waals surface area (Å²) in [5.41, 5.74) is 7.38. The number of aryl methyl sites for hydroxylation is 1. The number of nitrogens with one attached hydrogen (secondary N) is 4. The van der Waals surface area contributed by atoms with Crippen molar-refractivity contribution in [1.29, 1.82) is 0 Å². The maximum Gasteiger partial charge on any atom is 0.269 e. The van der Waals surface area contributed by atoms with Crippen LogP contribution in [-0.2, 0) is 0 Å². The minimum absolute atomic E-state index is 0.124. The lowest BCUT2D eigenvalue weighted by Gasteiger charge is -2.12. The van der Waals surface area contributed by atoms with Crippen LogP contribution in [0.1, 0.15) is 36.6 Å². The Kier molecular flexibility index (Phi) is 8.00. The summed E-state index contributed by atoms with van der Waals surface area (Å²) >= 11 is 16.8. The third-order valence-electron chi connectivity index (χ3n) is 4.38. The van der Waals surface area contributed by atoms with Crippen LogP contribution in [0.2, 0.25) is 10.0 Å². The van der Waals surface area contributed by atoms with Crippen molar-refractivity contribution in [3.8, 4) is 0 Å². The highest BCUT2D eigenvalue weighted by atomic mass is 35.5. The summed E-state index contributed by atoms with van der Waals surface area (Å²) in [7, 11) is 0. The maximum atomic E-state index is 12.3. The summed E-state index contributed by atoms with van der Waals surface area (Å²) in [5.74, 6) is -1.30. The SMILES string of the molecule is Cc1cccc(C(=O)Nc2ccc(C(=O)NNC(=S)NC(=O)c3ccc(Cl)cc3Cl)cc2)c1. The molecule has 7 nitrogen and oxygen atoms in total. The van der Waals surface area contributed by atoms with Gasteiger partial charge in [0.1, 0.15) is 0 Å². The number of carbonyl (C=O) groups excluding carboxylic acids is 3. The van der Waals surface area contributed by atoms with E-state index >= 15 is 0 Å². The summed E-state index contributed by atoms with van der Waals surface area (Å²) in [6.07, 6.45) is 0. The molecule has 0 unspecified atom stereocenters. The standard InChI is InChI=1S/C23H18Cl2N4O3S/c1-13-3-2-4-15(11-13)20(30)26-17-8-5-14(6-9-17)21(31)28-29-23(33)27-22(32)18-10-7-16(24)12-19(18)25/h2-12H,1H3,(H,26,30)(H,28,31)(H2,27,29,32,33). The molecule has 0 atom stereocenters. The fraction of sp³-hybridized carbons (Fsp3) is 0.0435. The monoisotopic (exact) mass is 500 g/mol. The third kappa shape index (κ3) is 6.76. The summed E-state index contributed by atoms with van der Waals surface area (Å²) in [6, 6.07) is 17.9. The second-order valence-electron chi connectivity index (χ2n) is 6.89. The predicted octanol–water partition coefficient (Wildman–Crippen LogP) is 4.50. The molecule has 3 aromatic carbocycles. The number of halogens is 2. The van der Waals surface area contributed by atoms with Crippen molar-refractivity contribution >= 4 is 63.9 Å². The van der Waals surface area contributed by atoms with Crippen molar-refractivity contribution in [3.05, 3.63) is 99.0 Å². The molecule has 3 aromatic rings.